The molecule has 2 aliphatic rings. The van der Waals surface area contributed by atoms with E-state index < -0.39 is 0 Å². The molecule has 9 heavy (non-hydrogen) atoms. The Morgan fingerprint density at radius 2 is 1.89 bits per heavy atom. The molecule has 0 aromatic rings. The van der Waals surface area contributed by atoms with Crippen LogP contribution in [0.3, 0.4) is 0 Å². The van der Waals surface area contributed by atoms with E-state index in [1.54, 1.807) is 5.57 Å². The van der Waals surface area contributed by atoms with Crippen molar-refractivity contribution < 1.29 is 0 Å². The van der Waals surface area contributed by atoms with Gasteiger partial charge in [-0.2, -0.15) is 0 Å². The van der Waals surface area contributed by atoms with Crippen LogP contribution in [0.1, 0.15) is 6.42 Å². The highest BCUT2D eigenvalue weighted by molar-refractivity contribution is 9.09. The van der Waals surface area contributed by atoms with Gasteiger partial charge in [0.2, 0.25) is 0 Å². The molecule has 0 aromatic carbocycles. The predicted octanol–water partition coefficient (Wildman–Crippen LogP) is 2.58. The van der Waals surface area contributed by atoms with Crippen molar-refractivity contribution in [3.05, 3.63) is 35.5 Å². The maximum Gasteiger partial charge on any atom is 0.0401 e. The third kappa shape index (κ3) is 0.897. The molecule has 1 unspecified atom stereocenters. The third-order valence-corrected chi connectivity index (χ3v) is 2.53. The average molecular weight is 183 g/mol. The van der Waals surface area contributed by atoms with E-state index in [1.807, 2.05) is 0 Å². The van der Waals surface area contributed by atoms with Crippen LogP contribution in [-0.4, -0.2) is 4.83 Å². The largest absolute Gasteiger partial charge is 0.0839 e. The van der Waals surface area contributed by atoms with Gasteiger partial charge in [0.05, 0.1) is 0 Å². The van der Waals surface area contributed by atoms with E-state index in [-0.39, 0.29) is 0 Å². The van der Waals surface area contributed by atoms with E-state index >= 15 is 0 Å². The van der Waals surface area contributed by atoms with Crippen LogP contribution in [0.4, 0.5) is 0 Å². The van der Waals surface area contributed by atoms with Crippen LogP contribution in [0.25, 0.3) is 0 Å². The van der Waals surface area contributed by atoms with E-state index in [0.29, 0.717) is 4.83 Å². The molecule has 0 nitrogen and oxygen atoms in total. The molecule has 1 fully saturated rings. The predicted molar refractivity (Wildman–Crippen MR) is 42.6 cm³/mol. The van der Waals surface area contributed by atoms with Gasteiger partial charge in [-0.1, -0.05) is 40.2 Å². The summed E-state index contributed by atoms with van der Waals surface area (Å²) in [6, 6.07) is 0. The average Bonchev–Trinajstić information content (AvgIpc) is 2.44. The van der Waals surface area contributed by atoms with Crippen LogP contribution in [0, 0.1) is 0 Å². The summed E-state index contributed by atoms with van der Waals surface area (Å²) in [6.45, 7) is 0. The van der Waals surface area contributed by atoms with Crippen LogP contribution in [0.15, 0.2) is 35.5 Å². The zero-order valence-corrected chi connectivity index (χ0v) is 6.56. The molecule has 1 saturated carbocycles. The van der Waals surface area contributed by atoms with Crippen molar-refractivity contribution in [2.45, 2.75) is 11.2 Å². The molecule has 0 aromatic heterocycles. The van der Waals surface area contributed by atoms with Gasteiger partial charge in [-0.25, -0.2) is 0 Å². The standard InChI is InChI=1S/C8H7Br/c9-8-5-7(8)6-3-1-2-4-6/h1-4,8H,5H2. The minimum Gasteiger partial charge on any atom is -0.0839 e. The second-order valence-corrected chi connectivity index (χ2v) is 3.48. The number of hydrogen-bond donors (Lipinski definition) is 0. The molecule has 46 valence electrons. The van der Waals surface area contributed by atoms with Crippen molar-refractivity contribution in [2.75, 3.05) is 0 Å². The van der Waals surface area contributed by atoms with Gasteiger partial charge in [0, 0.05) is 4.83 Å². The van der Waals surface area contributed by atoms with E-state index in [9.17, 15) is 0 Å². The fraction of sp³-hybridized carbons (Fsp3) is 0.250. The molecule has 0 bridgehead atoms. The Hall–Kier alpha value is -0.300. The molecular formula is C8H7Br. The maximum absolute atomic E-state index is 3.53. The molecule has 1 heteroatoms. The first-order valence-corrected chi connectivity index (χ1v) is 4.01. The van der Waals surface area contributed by atoms with Crippen molar-refractivity contribution >= 4 is 15.9 Å². The quantitative estimate of drug-likeness (QED) is 0.506. The topological polar surface area (TPSA) is 0 Å². The van der Waals surface area contributed by atoms with Crippen molar-refractivity contribution in [3.8, 4) is 0 Å². The highest BCUT2D eigenvalue weighted by Crippen LogP contribution is 2.40. The van der Waals surface area contributed by atoms with Gasteiger partial charge in [0.1, 0.15) is 0 Å². The van der Waals surface area contributed by atoms with Crippen LogP contribution >= 0.6 is 15.9 Å². The van der Waals surface area contributed by atoms with Crippen LogP contribution < -0.4 is 0 Å². The van der Waals surface area contributed by atoms with Gasteiger partial charge in [0.15, 0.2) is 0 Å². The Kier molecular flexibility index (Phi) is 1.12. The molecule has 0 amide bonds. The van der Waals surface area contributed by atoms with Gasteiger partial charge < -0.3 is 0 Å². The molecule has 2 rings (SSSR count). The SMILES string of the molecule is BrC1CC1=C1C=CC=C1. The third-order valence-electron chi connectivity index (χ3n) is 1.65. The number of hydrogen-bond acceptors (Lipinski definition) is 0. The van der Waals surface area contributed by atoms with E-state index in [4.69, 9.17) is 0 Å². The Labute approximate surface area is 63.1 Å². The lowest BCUT2D eigenvalue weighted by Crippen LogP contribution is -1.65. The second-order valence-electron chi connectivity index (χ2n) is 2.37. The molecule has 0 spiro atoms. The summed E-state index contributed by atoms with van der Waals surface area (Å²) in [5.74, 6) is 0. The highest BCUT2D eigenvalue weighted by Gasteiger charge is 2.28. The van der Waals surface area contributed by atoms with Crippen LogP contribution in [0.5, 0.6) is 0 Å². The van der Waals surface area contributed by atoms with Gasteiger partial charge in [-0.15, -0.1) is 0 Å². The Morgan fingerprint density at radius 3 is 2.33 bits per heavy atom. The fourth-order valence-electron chi connectivity index (χ4n) is 1.02. The molecule has 0 heterocycles. The van der Waals surface area contributed by atoms with Crippen molar-refractivity contribution in [1.82, 2.24) is 0 Å². The molecule has 0 N–H and O–H groups in total. The molecule has 0 aliphatic heterocycles. The fourth-order valence-corrected chi connectivity index (χ4v) is 1.63. The minimum atomic E-state index is 0.680. The Morgan fingerprint density at radius 1 is 1.33 bits per heavy atom. The highest BCUT2D eigenvalue weighted by atomic mass is 79.9. The molecule has 0 radical (unpaired) electrons. The summed E-state index contributed by atoms with van der Waals surface area (Å²) in [6.07, 6.45) is 9.73. The van der Waals surface area contributed by atoms with Crippen molar-refractivity contribution in [2.24, 2.45) is 0 Å². The lowest BCUT2D eigenvalue weighted by atomic mass is 10.3. The van der Waals surface area contributed by atoms with E-state index in [1.165, 1.54) is 12.0 Å². The number of alkyl halides is 1. The lowest BCUT2D eigenvalue weighted by molar-refractivity contribution is 1.55. The van der Waals surface area contributed by atoms with Gasteiger partial charge in [0.25, 0.3) is 0 Å². The zero-order valence-electron chi connectivity index (χ0n) is 4.97. The molecule has 2 aliphatic carbocycles. The molecular weight excluding hydrogens is 176 g/mol. The second kappa shape index (κ2) is 1.84. The Bertz CT molecular complexity index is 207. The van der Waals surface area contributed by atoms with Crippen molar-refractivity contribution in [3.63, 3.8) is 0 Å². The number of allylic oxidation sites excluding steroid dienone is 6. The summed E-state index contributed by atoms with van der Waals surface area (Å²) in [5, 5.41) is 0. The smallest absolute Gasteiger partial charge is 0.0401 e. The normalized spacial score (nSPS) is 30.1. The summed E-state index contributed by atoms with van der Waals surface area (Å²) < 4.78 is 0. The first-order valence-electron chi connectivity index (χ1n) is 3.10. The minimum absolute atomic E-state index is 0.680. The van der Waals surface area contributed by atoms with Gasteiger partial charge >= 0.3 is 0 Å². The molecule has 1 atom stereocenters. The first-order chi connectivity index (χ1) is 4.38. The van der Waals surface area contributed by atoms with Gasteiger partial charge in [-0.05, 0) is 17.6 Å². The van der Waals surface area contributed by atoms with E-state index in [2.05, 4.69) is 40.2 Å². The van der Waals surface area contributed by atoms with E-state index in [0.717, 1.165) is 0 Å². The maximum atomic E-state index is 3.53. The molecule has 0 saturated heterocycles. The number of rotatable bonds is 0. The summed E-state index contributed by atoms with van der Waals surface area (Å²) >= 11 is 3.53. The first kappa shape index (κ1) is 5.48. The zero-order chi connectivity index (χ0) is 6.27. The monoisotopic (exact) mass is 182 g/mol. The Balaban J connectivity index is 2.32. The summed E-state index contributed by atoms with van der Waals surface area (Å²) in [5.41, 5.74) is 2.97. The van der Waals surface area contributed by atoms with Gasteiger partial charge in [-0.3, -0.25) is 0 Å². The van der Waals surface area contributed by atoms with Crippen molar-refractivity contribution in [1.29, 1.82) is 0 Å². The van der Waals surface area contributed by atoms with Crippen LogP contribution in [0.2, 0.25) is 0 Å². The summed E-state index contributed by atoms with van der Waals surface area (Å²) in [4.78, 5) is 0.680. The van der Waals surface area contributed by atoms with Crippen LogP contribution in [-0.2, 0) is 0 Å². The number of halogens is 1. The lowest BCUT2D eigenvalue weighted by Gasteiger charge is -1.82. The summed E-state index contributed by atoms with van der Waals surface area (Å²) in [7, 11) is 0.